The number of rotatable bonds is 15. The number of aliphatic hydroxyl groups excluding tert-OH is 2. The fourth-order valence-corrected chi connectivity index (χ4v) is 2.51. The van der Waals surface area contributed by atoms with Crippen LogP contribution in [0.3, 0.4) is 0 Å². The summed E-state index contributed by atoms with van der Waals surface area (Å²) in [5, 5.41) is 18.3. The summed E-state index contributed by atoms with van der Waals surface area (Å²) >= 11 is 0. The maximum Gasteiger partial charge on any atom is 0.0894 e. The van der Waals surface area contributed by atoms with Gasteiger partial charge in [-0.3, -0.25) is 0 Å². The predicted molar refractivity (Wildman–Crippen MR) is 95.8 cm³/mol. The number of hydrogen-bond donors (Lipinski definition) is 3. The van der Waals surface area contributed by atoms with Crippen LogP contribution in [0.4, 0.5) is 0 Å². The van der Waals surface area contributed by atoms with Gasteiger partial charge in [-0.25, -0.2) is 0 Å². The Bertz CT molecular complexity index is 256. The number of aliphatic hydroxyl groups is 2. The van der Waals surface area contributed by atoms with Crippen LogP contribution in [0.5, 0.6) is 0 Å². The van der Waals surface area contributed by atoms with Crippen molar-refractivity contribution in [2.45, 2.75) is 96.6 Å². The van der Waals surface area contributed by atoms with E-state index in [0.29, 0.717) is 0 Å². The normalized spacial score (nSPS) is 16.0. The van der Waals surface area contributed by atoms with Crippen LogP contribution in [-0.2, 0) is 0 Å². The van der Waals surface area contributed by atoms with Crippen LogP contribution in [0.25, 0.3) is 0 Å². The van der Waals surface area contributed by atoms with Crippen molar-refractivity contribution in [3.63, 3.8) is 0 Å². The monoisotopic (exact) mass is 313 g/mol. The lowest BCUT2D eigenvalue weighted by Gasteiger charge is -2.11. The molecule has 3 atom stereocenters. The van der Waals surface area contributed by atoms with Crippen LogP contribution in [0, 0.1) is 5.92 Å². The van der Waals surface area contributed by atoms with Gasteiger partial charge in [0.05, 0.1) is 18.8 Å². The third kappa shape index (κ3) is 13.3. The highest BCUT2D eigenvalue weighted by Gasteiger charge is 2.08. The van der Waals surface area contributed by atoms with Gasteiger partial charge in [-0.1, -0.05) is 83.8 Å². The molecule has 0 aromatic carbocycles. The Morgan fingerprint density at radius 1 is 0.955 bits per heavy atom. The summed E-state index contributed by atoms with van der Waals surface area (Å²) in [5.41, 5.74) is 5.52. The van der Waals surface area contributed by atoms with Gasteiger partial charge in [0.1, 0.15) is 0 Å². The topological polar surface area (TPSA) is 66.5 Å². The highest BCUT2D eigenvalue weighted by atomic mass is 16.3. The second-order valence-corrected chi connectivity index (χ2v) is 6.68. The molecule has 3 heteroatoms. The molecule has 132 valence electrons. The Kier molecular flexibility index (Phi) is 15.2. The van der Waals surface area contributed by atoms with Gasteiger partial charge in [0.2, 0.25) is 0 Å². The van der Waals surface area contributed by atoms with Crippen molar-refractivity contribution in [1.82, 2.24) is 0 Å². The van der Waals surface area contributed by atoms with Crippen LogP contribution in [-0.4, -0.2) is 29.0 Å². The van der Waals surface area contributed by atoms with E-state index in [1.54, 1.807) is 6.08 Å². The zero-order valence-corrected chi connectivity index (χ0v) is 14.8. The molecule has 0 heterocycles. The zero-order valence-electron chi connectivity index (χ0n) is 14.8. The van der Waals surface area contributed by atoms with Gasteiger partial charge in [0.15, 0.2) is 0 Å². The van der Waals surface area contributed by atoms with E-state index in [1.807, 2.05) is 6.08 Å². The minimum atomic E-state index is -0.722. The van der Waals surface area contributed by atoms with Crippen molar-refractivity contribution >= 4 is 0 Å². The molecule has 0 aliphatic rings. The van der Waals surface area contributed by atoms with Crippen LogP contribution >= 0.6 is 0 Å². The highest BCUT2D eigenvalue weighted by Crippen LogP contribution is 2.15. The van der Waals surface area contributed by atoms with Crippen LogP contribution in [0.1, 0.15) is 84.5 Å². The molecule has 0 aliphatic carbocycles. The molecule has 0 bridgehead atoms. The molecule has 3 nitrogen and oxygen atoms in total. The van der Waals surface area contributed by atoms with E-state index in [0.717, 1.165) is 12.3 Å². The van der Waals surface area contributed by atoms with E-state index in [-0.39, 0.29) is 6.61 Å². The first kappa shape index (κ1) is 21.6. The van der Waals surface area contributed by atoms with Gasteiger partial charge in [0, 0.05) is 0 Å². The summed E-state index contributed by atoms with van der Waals surface area (Å²) in [6.07, 6.45) is 17.3. The minimum Gasteiger partial charge on any atom is -0.395 e. The summed E-state index contributed by atoms with van der Waals surface area (Å²) in [6, 6.07) is -0.559. The van der Waals surface area contributed by atoms with Crippen molar-refractivity contribution in [3.05, 3.63) is 12.2 Å². The fraction of sp³-hybridized carbons (Fsp3) is 0.895. The molecule has 22 heavy (non-hydrogen) atoms. The minimum absolute atomic E-state index is 0.178. The van der Waals surface area contributed by atoms with E-state index in [1.165, 1.54) is 64.2 Å². The van der Waals surface area contributed by atoms with Gasteiger partial charge in [-0.05, 0) is 18.8 Å². The molecule has 0 amide bonds. The Morgan fingerprint density at radius 3 is 2.05 bits per heavy atom. The molecular weight excluding hydrogens is 274 g/mol. The molecule has 0 spiro atoms. The summed E-state index contributed by atoms with van der Waals surface area (Å²) < 4.78 is 0. The maximum atomic E-state index is 9.54. The average molecular weight is 314 g/mol. The van der Waals surface area contributed by atoms with E-state index < -0.39 is 12.1 Å². The van der Waals surface area contributed by atoms with Gasteiger partial charge < -0.3 is 15.9 Å². The van der Waals surface area contributed by atoms with E-state index in [2.05, 4.69) is 13.8 Å². The van der Waals surface area contributed by atoms with Crippen molar-refractivity contribution in [1.29, 1.82) is 0 Å². The van der Waals surface area contributed by atoms with E-state index in [9.17, 15) is 5.11 Å². The largest absolute Gasteiger partial charge is 0.395 e. The quantitative estimate of drug-likeness (QED) is 0.314. The van der Waals surface area contributed by atoms with Crippen molar-refractivity contribution in [2.75, 3.05) is 6.61 Å². The fourth-order valence-electron chi connectivity index (χ4n) is 2.51. The Balaban J connectivity index is 3.25. The lowest BCUT2D eigenvalue weighted by atomic mass is 9.99. The highest BCUT2D eigenvalue weighted by molar-refractivity contribution is 4.93. The van der Waals surface area contributed by atoms with Crippen LogP contribution in [0.15, 0.2) is 12.2 Å². The molecule has 0 saturated carbocycles. The molecule has 0 rings (SSSR count). The summed E-state index contributed by atoms with van der Waals surface area (Å²) in [6.45, 7) is 4.45. The molecule has 0 aromatic heterocycles. The summed E-state index contributed by atoms with van der Waals surface area (Å²) in [5.74, 6) is 0.901. The second-order valence-electron chi connectivity index (χ2n) is 6.68. The van der Waals surface area contributed by atoms with Crippen LogP contribution in [0.2, 0.25) is 0 Å². The van der Waals surface area contributed by atoms with Gasteiger partial charge in [-0.2, -0.15) is 0 Å². The molecule has 0 saturated heterocycles. The first-order valence-corrected chi connectivity index (χ1v) is 9.33. The van der Waals surface area contributed by atoms with Crippen molar-refractivity contribution < 1.29 is 10.2 Å². The van der Waals surface area contributed by atoms with E-state index >= 15 is 0 Å². The van der Waals surface area contributed by atoms with E-state index in [4.69, 9.17) is 10.8 Å². The number of nitrogens with two attached hydrogens (primary N) is 1. The standard InChI is InChI=1S/C19H39NO2/c1-3-17(2)14-12-10-8-6-4-5-7-9-11-13-15-19(22)18(20)16-21/h13,15,17-19,21-22H,3-12,14,16,20H2,1-2H3/b15-13+/t17-,18-,19+/m0/s1. The first-order chi connectivity index (χ1) is 10.6. The number of unbranched alkanes of at least 4 members (excludes halogenated alkanes) is 8. The van der Waals surface area contributed by atoms with Crippen molar-refractivity contribution in [3.8, 4) is 0 Å². The number of allylic oxidation sites excluding steroid dienone is 1. The van der Waals surface area contributed by atoms with Crippen LogP contribution < -0.4 is 5.73 Å². The van der Waals surface area contributed by atoms with Gasteiger partial charge in [-0.15, -0.1) is 0 Å². The van der Waals surface area contributed by atoms with Gasteiger partial charge >= 0.3 is 0 Å². The predicted octanol–water partition coefficient (Wildman–Crippen LogP) is 4.17. The lowest BCUT2D eigenvalue weighted by molar-refractivity contribution is 0.144. The third-order valence-corrected chi connectivity index (χ3v) is 4.50. The molecular formula is C19H39NO2. The molecule has 4 N–H and O–H groups in total. The Morgan fingerprint density at radius 2 is 1.50 bits per heavy atom. The first-order valence-electron chi connectivity index (χ1n) is 9.33. The average Bonchev–Trinajstić information content (AvgIpc) is 2.54. The zero-order chi connectivity index (χ0) is 16.6. The smallest absolute Gasteiger partial charge is 0.0894 e. The molecule has 0 aromatic rings. The molecule has 0 aliphatic heterocycles. The lowest BCUT2D eigenvalue weighted by Crippen LogP contribution is -2.36. The second kappa shape index (κ2) is 15.5. The molecule has 0 fully saturated rings. The number of hydrogen-bond acceptors (Lipinski definition) is 3. The molecule has 0 radical (unpaired) electrons. The van der Waals surface area contributed by atoms with Crippen molar-refractivity contribution in [2.24, 2.45) is 11.7 Å². The summed E-state index contributed by atoms with van der Waals surface area (Å²) in [7, 11) is 0. The summed E-state index contributed by atoms with van der Waals surface area (Å²) in [4.78, 5) is 0. The SMILES string of the molecule is CC[C@H](C)CCCCCCCCCC/C=C/[C@@H](O)[C@@H](N)CO. The maximum absolute atomic E-state index is 9.54. The third-order valence-electron chi connectivity index (χ3n) is 4.50. The Hall–Kier alpha value is -0.380. The van der Waals surface area contributed by atoms with Gasteiger partial charge in [0.25, 0.3) is 0 Å². The Labute approximate surface area is 138 Å². The molecule has 0 unspecified atom stereocenters.